The number of aryl methyl sites for hydroxylation is 1. The molecule has 0 saturated carbocycles. The molecule has 1 unspecified atom stereocenters. The number of ether oxygens (including phenoxy) is 1. The van der Waals surface area contributed by atoms with E-state index in [1.165, 1.54) is 35.8 Å². The molecule has 3 rings (SSSR count). The van der Waals surface area contributed by atoms with E-state index in [1.54, 1.807) is 16.7 Å². The Morgan fingerprint density at radius 1 is 1.13 bits per heavy atom. The Morgan fingerprint density at radius 3 is 2.45 bits per heavy atom. The lowest BCUT2D eigenvalue weighted by molar-refractivity contribution is -0.384. The maximum Gasteiger partial charge on any atom is 0.329 e. The van der Waals surface area contributed by atoms with Crippen LogP contribution in [0.2, 0.25) is 0 Å². The van der Waals surface area contributed by atoms with Crippen molar-refractivity contribution in [3.8, 4) is 0 Å². The molecule has 0 radical (unpaired) electrons. The number of nitro benzene ring substituents is 1. The summed E-state index contributed by atoms with van der Waals surface area (Å²) in [4.78, 5) is 47.8. The van der Waals surface area contributed by atoms with Gasteiger partial charge >= 0.3 is 11.7 Å². The number of imidazole rings is 1. The Hall–Kier alpha value is -3.95. The minimum Gasteiger partial charge on any atom is -0.451 e. The molecule has 0 aliphatic carbocycles. The van der Waals surface area contributed by atoms with Crippen LogP contribution in [0.3, 0.4) is 0 Å². The Labute approximate surface area is 177 Å². The standard InChI is InChI=1S/C21H22N4O6/c1-3-11-23-17-9-4-5-10-18(17)24(21(23)28)13-19(26)31-14(2)20(27)22-15-7-6-8-16(12-15)25(29)30/h4-10,12,14H,3,11,13H2,1-2H3,(H,22,27). The molecule has 10 nitrogen and oxygen atoms in total. The number of hydrogen-bond donors (Lipinski definition) is 1. The topological polar surface area (TPSA) is 125 Å². The van der Waals surface area contributed by atoms with Crippen LogP contribution in [-0.2, 0) is 27.4 Å². The van der Waals surface area contributed by atoms with E-state index in [9.17, 15) is 24.5 Å². The van der Waals surface area contributed by atoms with Crippen molar-refractivity contribution in [1.29, 1.82) is 0 Å². The van der Waals surface area contributed by atoms with Gasteiger partial charge in [0, 0.05) is 24.4 Å². The van der Waals surface area contributed by atoms with Crippen molar-refractivity contribution in [2.45, 2.75) is 39.5 Å². The van der Waals surface area contributed by atoms with Crippen LogP contribution in [-0.4, -0.2) is 32.0 Å². The first-order valence-corrected chi connectivity index (χ1v) is 9.74. The van der Waals surface area contributed by atoms with E-state index in [0.29, 0.717) is 12.1 Å². The molecule has 0 spiro atoms. The lowest BCUT2D eigenvalue weighted by Crippen LogP contribution is -2.33. The summed E-state index contributed by atoms with van der Waals surface area (Å²) in [5.74, 6) is -1.39. The molecule has 0 saturated heterocycles. The fourth-order valence-corrected chi connectivity index (χ4v) is 3.22. The second-order valence-electron chi connectivity index (χ2n) is 6.94. The van der Waals surface area contributed by atoms with Crippen molar-refractivity contribution in [3.63, 3.8) is 0 Å². The third-order valence-corrected chi connectivity index (χ3v) is 4.66. The Bertz CT molecular complexity index is 1200. The molecule has 0 aliphatic rings. The fraction of sp³-hybridized carbons (Fsp3) is 0.286. The first kappa shape index (κ1) is 21.8. The second kappa shape index (κ2) is 9.24. The number of para-hydroxylation sites is 2. The zero-order valence-corrected chi connectivity index (χ0v) is 17.1. The second-order valence-corrected chi connectivity index (χ2v) is 6.94. The van der Waals surface area contributed by atoms with Gasteiger partial charge in [-0.1, -0.05) is 25.1 Å². The van der Waals surface area contributed by atoms with Crippen LogP contribution in [0.5, 0.6) is 0 Å². The number of hydrogen-bond acceptors (Lipinski definition) is 6. The summed E-state index contributed by atoms with van der Waals surface area (Å²) in [7, 11) is 0. The van der Waals surface area contributed by atoms with Gasteiger partial charge in [0.1, 0.15) is 6.54 Å². The largest absolute Gasteiger partial charge is 0.451 e. The quantitative estimate of drug-likeness (QED) is 0.335. The van der Waals surface area contributed by atoms with Gasteiger partial charge in [-0.15, -0.1) is 0 Å². The number of carbonyl (C=O) groups is 2. The normalized spacial score (nSPS) is 11.8. The number of rotatable bonds is 8. The summed E-state index contributed by atoms with van der Waals surface area (Å²) in [5, 5.41) is 13.3. The highest BCUT2D eigenvalue weighted by atomic mass is 16.6. The molecule has 31 heavy (non-hydrogen) atoms. The lowest BCUT2D eigenvalue weighted by Gasteiger charge is -2.13. The van der Waals surface area contributed by atoms with E-state index >= 15 is 0 Å². The van der Waals surface area contributed by atoms with E-state index in [4.69, 9.17) is 4.74 Å². The van der Waals surface area contributed by atoms with E-state index in [1.807, 2.05) is 19.1 Å². The summed E-state index contributed by atoms with van der Waals surface area (Å²) < 4.78 is 8.10. The summed E-state index contributed by atoms with van der Waals surface area (Å²) >= 11 is 0. The molecule has 1 aromatic heterocycles. The SMILES string of the molecule is CCCn1c(=O)n(CC(=O)OC(C)C(=O)Nc2cccc([N+](=O)[O-])c2)c2ccccc21. The first-order valence-electron chi connectivity index (χ1n) is 9.74. The van der Waals surface area contributed by atoms with E-state index in [0.717, 1.165) is 11.9 Å². The molecular formula is C21H22N4O6. The van der Waals surface area contributed by atoms with Crippen molar-refractivity contribution in [2.24, 2.45) is 0 Å². The monoisotopic (exact) mass is 426 g/mol. The number of amides is 1. The molecule has 1 amide bonds. The smallest absolute Gasteiger partial charge is 0.329 e. The van der Waals surface area contributed by atoms with Gasteiger partial charge in [-0.2, -0.15) is 0 Å². The third kappa shape index (κ3) is 4.80. The van der Waals surface area contributed by atoms with Gasteiger partial charge in [0.2, 0.25) is 0 Å². The van der Waals surface area contributed by atoms with Gasteiger partial charge in [0.15, 0.2) is 6.10 Å². The van der Waals surface area contributed by atoms with Crippen LogP contribution >= 0.6 is 0 Å². The van der Waals surface area contributed by atoms with Crippen LogP contribution in [0.15, 0.2) is 53.3 Å². The van der Waals surface area contributed by atoms with Gasteiger partial charge in [-0.3, -0.25) is 28.8 Å². The van der Waals surface area contributed by atoms with E-state index in [2.05, 4.69) is 5.32 Å². The lowest BCUT2D eigenvalue weighted by atomic mass is 10.2. The van der Waals surface area contributed by atoms with Crippen molar-refractivity contribution in [1.82, 2.24) is 9.13 Å². The summed E-state index contributed by atoms with van der Waals surface area (Å²) in [5.41, 5.74) is 1.03. The average Bonchev–Trinajstić information content (AvgIpc) is 3.00. The number of esters is 1. The number of anilines is 1. The highest BCUT2D eigenvalue weighted by Gasteiger charge is 2.21. The Kier molecular flexibility index (Phi) is 6.49. The zero-order valence-electron chi connectivity index (χ0n) is 17.1. The number of nitrogens with one attached hydrogen (secondary N) is 1. The molecule has 3 aromatic rings. The molecule has 0 bridgehead atoms. The van der Waals surface area contributed by atoms with Gasteiger partial charge in [-0.25, -0.2) is 4.79 Å². The molecule has 10 heteroatoms. The fourth-order valence-electron chi connectivity index (χ4n) is 3.22. The van der Waals surface area contributed by atoms with Gasteiger partial charge < -0.3 is 10.1 Å². The maximum absolute atomic E-state index is 12.7. The van der Waals surface area contributed by atoms with Crippen LogP contribution in [0.25, 0.3) is 11.0 Å². The highest BCUT2D eigenvalue weighted by molar-refractivity contribution is 5.95. The number of nitrogens with zero attached hydrogens (tertiary/aromatic N) is 3. The molecule has 1 atom stereocenters. The van der Waals surface area contributed by atoms with Crippen molar-refractivity contribution < 1.29 is 19.2 Å². The number of fused-ring (bicyclic) bond motifs is 1. The summed E-state index contributed by atoms with van der Waals surface area (Å²) in [6, 6.07) is 12.6. The predicted molar refractivity (Wildman–Crippen MR) is 114 cm³/mol. The maximum atomic E-state index is 12.7. The average molecular weight is 426 g/mol. The van der Waals surface area contributed by atoms with E-state index < -0.39 is 22.9 Å². The van der Waals surface area contributed by atoms with Crippen molar-refractivity contribution >= 4 is 34.3 Å². The molecule has 1 N–H and O–H groups in total. The third-order valence-electron chi connectivity index (χ3n) is 4.66. The molecule has 2 aromatic carbocycles. The van der Waals surface area contributed by atoms with E-state index in [-0.39, 0.29) is 23.6 Å². The Morgan fingerprint density at radius 2 is 1.81 bits per heavy atom. The molecule has 162 valence electrons. The van der Waals surface area contributed by atoms with Crippen LogP contribution in [0.4, 0.5) is 11.4 Å². The first-order chi connectivity index (χ1) is 14.8. The van der Waals surface area contributed by atoms with Crippen molar-refractivity contribution in [2.75, 3.05) is 5.32 Å². The highest BCUT2D eigenvalue weighted by Crippen LogP contribution is 2.17. The number of carbonyl (C=O) groups excluding carboxylic acids is 2. The molecule has 0 aliphatic heterocycles. The summed E-state index contributed by atoms with van der Waals surface area (Å²) in [6.07, 6.45) is -0.404. The summed E-state index contributed by atoms with van der Waals surface area (Å²) in [6.45, 7) is 3.51. The molecule has 1 heterocycles. The molecular weight excluding hydrogens is 404 g/mol. The zero-order chi connectivity index (χ0) is 22.5. The Balaban J connectivity index is 1.70. The van der Waals surface area contributed by atoms with Gasteiger partial charge in [0.05, 0.1) is 16.0 Å². The number of benzene rings is 2. The van der Waals surface area contributed by atoms with Gasteiger partial charge in [-0.05, 0) is 31.5 Å². The molecule has 0 fully saturated rings. The number of aromatic nitrogens is 2. The minimum atomic E-state index is -1.16. The van der Waals surface area contributed by atoms with Crippen molar-refractivity contribution in [3.05, 3.63) is 69.1 Å². The number of non-ortho nitro benzene ring substituents is 1. The van der Waals surface area contributed by atoms with Crippen LogP contribution in [0, 0.1) is 10.1 Å². The minimum absolute atomic E-state index is 0.176. The van der Waals surface area contributed by atoms with Crippen LogP contribution < -0.4 is 11.0 Å². The van der Waals surface area contributed by atoms with Gasteiger partial charge in [0.25, 0.3) is 11.6 Å². The van der Waals surface area contributed by atoms with Crippen LogP contribution in [0.1, 0.15) is 20.3 Å². The number of nitro groups is 1. The predicted octanol–water partition coefficient (Wildman–Crippen LogP) is 2.69.